The second kappa shape index (κ2) is 8.01. The summed E-state index contributed by atoms with van der Waals surface area (Å²) in [6.45, 7) is 2.56. The second-order valence-corrected chi connectivity index (χ2v) is 8.09. The average molecular weight is 428 g/mol. The minimum atomic E-state index is -0.247. The highest BCUT2D eigenvalue weighted by atomic mass is 16.5. The molecule has 0 saturated carbocycles. The van der Waals surface area contributed by atoms with E-state index in [2.05, 4.69) is 16.1 Å². The number of hydrogen-bond donors (Lipinski definition) is 3. The van der Waals surface area contributed by atoms with E-state index in [1.165, 1.54) is 0 Å². The summed E-state index contributed by atoms with van der Waals surface area (Å²) in [6, 6.07) is 20.4. The van der Waals surface area contributed by atoms with E-state index in [1.54, 1.807) is 42.5 Å². The van der Waals surface area contributed by atoms with Gasteiger partial charge in [0.2, 0.25) is 5.91 Å². The number of methoxy groups -OCH3 is 1. The first-order chi connectivity index (χ1) is 15.5. The molecule has 0 bridgehead atoms. The van der Waals surface area contributed by atoms with Gasteiger partial charge in [-0.25, -0.2) is 10.4 Å². The number of amides is 2. The Bertz CT molecular complexity index is 1170. The lowest BCUT2D eigenvalue weighted by Gasteiger charge is -2.27. The van der Waals surface area contributed by atoms with Gasteiger partial charge in [0.05, 0.1) is 24.8 Å². The Kier molecular flexibility index (Phi) is 5.03. The molecule has 7 heteroatoms. The van der Waals surface area contributed by atoms with Gasteiger partial charge in [-0.2, -0.15) is 0 Å². The predicted molar refractivity (Wildman–Crippen MR) is 124 cm³/mol. The smallest absolute Gasteiger partial charge is 0.255 e. The lowest BCUT2D eigenvalue weighted by molar-refractivity contribution is -0.120. The molecule has 7 nitrogen and oxygen atoms in total. The lowest BCUT2D eigenvalue weighted by atomic mass is 9.88. The van der Waals surface area contributed by atoms with Crippen LogP contribution in [0.25, 0.3) is 0 Å². The van der Waals surface area contributed by atoms with Crippen molar-refractivity contribution < 1.29 is 14.3 Å². The van der Waals surface area contributed by atoms with Gasteiger partial charge in [-0.1, -0.05) is 17.7 Å². The number of hydrogen-bond acceptors (Lipinski definition) is 5. The first-order valence-electron chi connectivity index (χ1n) is 10.5. The van der Waals surface area contributed by atoms with Crippen LogP contribution in [0, 0.1) is 12.8 Å². The van der Waals surface area contributed by atoms with E-state index in [0.29, 0.717) is 17.8 Å². The Balaban J connectivity index is 1.39. The van der Waals surface area contributed by atoms with Crippen LogP contribution in [0.15, 0.2) is 66.7 Å². The van der Waals surface area contributed by atoms with Crippen molar-refractivity contribution in [3.8, 4) is 5.75 Å². The number of nitrogens with zero attached hydrogens (tertiary/aromatic N) is 1. The van der Waals surface area contributed by atoms with Crippen molar-refractivity contribution in [1.82, 2.24) is 5.43 Å². The fourth-order valence-corrected chi connectivity index (χ4v) is 4.21. The Morgan fingerprint density at radius 1 is 1.06 bits per heavy atom. The summed E-state index contributed by atoms with van der Waals surface area (Å²) >= 11 is 0. The Labute approximate surface area is 186 Å². The van der Waals surface area contributed by atoms with Crippen molar-refractivity contribution in [3.63, 3.8) is 0 Å². The van der Waals surface area contributed by atoms with Crippen LogP contribution in [0.3, 0.4) is 0 Å². The van der Waals surface area contributed by atoms with E-state index < -0.39 is 0 Å². The number of nitrogens with one attached hydrogen (secondary N) is 3. The van der Waals surface area contributed by atoms with Gasteiger partial charge < -0.3 is 15.4 Å². The van der Waals surface area contributed by atoms with Crippen molar-refractivity contribution in [2.45, 2.75) is 13.0 Å². The van der Waals surface area contributed by atoms with Gasteiger partial charge in [-0.05, 0) is 67.1 Å². The van der Waals surface area contributed by atoms with E-state index in [9.17, 15) is 9.59 Å². The van der Waals surface area contributed by atoms with Crippen molar-refractivity contribution >= 4 is 28.9 Å². The van der Waals surface area contributed by atoms with E-state index >= 15 is 0 Å². The molecule has 32 heavy (non-hydrogen) atoms. The summed E-state index contributed by atoms with van der Waals surface area (Å²) in [7, 11) is 1.60. The number of aryl methyl sites for hydroxylation is 1. The fourth-order valence-electron chi connectivity index (χ4n) is 4.21. The van der Waals surface area contributed by atoms with Crippen molar-refractivity contribution in [2.24, 2.45) is 5.92 Å². The Hall–Kier alpha value is -3.84. The van der Waals surface area contributed by atoms with Crippen LogP contribution in [0.2, 0.25) is 0 Å². The average Bonchev–Trinajstić information content (AvgIpc) is 3.16. The van der Waals surface area contributed by atoms with Crippen molar-refractivity contribution in [3.05, 3.63) is 83.4 Å². The molecule has 2 heterocycles. The van der Waals surface area contributed by atoms with Crippen LogP contribution in [-0.4, -0.2) is 25.5 Å². The number of carbonyl (C=O) groups excluding carboxylic acids is 2. The number of fused-ring (bicyclic) bond motifs is 3. The maximum absolute atomic E-state index is 13.1. The van der Waals surface area contributed by atoms with E-state index in [-0.39, 0.29) is 23.8 Å². The monoisotopic (exact) mass is 428 g/mol. The van der Waals surface area contributed by atoms with Crippen LogP contribution < -0.4 is 25.8 Å². The van der Waals surface area contributed by atoms with Crippen LogP contribution in [0.5, 0.6) is 5.75 Å². The summed E-state index contributed by atoms with van der Waals surface area (Å²) in [5.41, 5.74) is 8.36. The summed E-state index contributed by atoms with van der Waals surface area (Å²) in [4.78, 5) is 25.9. The van der Waals surface area contributed by atoms with Crippen LogP contribution in [0.1, 0.15) is 27.5 Å². The number of hydrazine groups is 1. The Morgan fingerprint density at radius 2 is 1.81 bits per heavy atom. The van der Waals surface area contributed by atoms with Gasteiger partial charge in [0.15, 0.2) is 0 Å². The van der Waals surface area contributed by atoms with Gasteiger partial charge in [-0.15, -0.1) is 0 Å². The van der Waals surface area contributed by atoms with Crippen LogP contribution in [0.4, 0.5) is 17.1 Å². The molecule has 1 saturated heterocycles. The molecule has 3 aromatic rings. The summed E-state index contributed by atoms with van der Waals surface area (Å²) in [5.74, 6) is 0.289. The molecule has 0 aliphatic carbocycles. The molecular weight excluding hydrogens is 404 g/mol. The molecule has 3 aromatic carbocycles. The van der Waals surface area contributed by atoms with Crippen LogP contribution >= 0.6 is 0 Å². The molecule has 162 valence electrons. The lowest BCUT2D eigenvalue weighted by Crippen LogP contribution is -2.35. The molecule has 0 spiro atoms. The largest absolute Gasteiger partial charge is 0.497 e. The first-order valence-corrected chi connectivity index (χ1v) is 10.5. The minimum absolute atomic E-state index is 0.0186. The molecule has 0 radical (unpaired) electrons. The number of carbonyl (C=O) groups is 2. The topological polar surface area (TPSA) is 82.7 Å². The third kappa shape index (κ3) is 3.56. The normalized spacial score (nSPS) is 19.1. The van der Waals surface area contributed by atoms with Gasteiger partial charge >= 0.3 is 0 Å². The van der Waals surface area contributed by atoms with E-state index in [0.717, 1.165) is 28.3 Å². The summed E-state index contributed by atoms with van der Waals surface area (Å²) in [6.07, 6.45) is 0. The highest BCUT2D eigenvalue weighted by Gasteiger charge is 2.44. The summed E-state index contributed by atoms with van der Waals surface area (Å²) in [5, 5.41) is 7.87. The molecule has 5 rings (SSSR count). The number of benzene rings is 3. The van der Waals surface area contributed by atoms with Crippen LogP contribution in [-0.2, 0) is 4.79 Å². The molecule has 2 unspecified atom stereocenters. The Morgan fingerprint density at radius 3 is 2.53 bits per heavy atom. The number of ether oxygens (including phenoxy) is 1. The van der Waals surface area contributed by atoms with E-state index in [4.69, 9.17) is 4.74 Å². The molecular formula is C25H24N4O3. The van der Waals surface area contributed by atoms with Gasteiger partial charge in [0.25, 0.3) is 5.91 Å². The second-order valence-electron chi connectivity index (χ2n) is 8.09. The van der Waals surface area contributed by atoms with Crippen molar-refractivity contribution in [1.29, 1.82) is 0 Å². The fraction of sp³-hybridized carbons (Fsp3) is 0.200. The molecule has 1 fully saturated rings. The molecule has 2 aliphatic rings. The zero-order valence-electron chi connectivity index (χ0n) is 17.9. The first kappa shape index (κ1) is 20.1. The minimum Gasteiger partial charge on any atom is -0.497 e. The number of rotatable bonds is 4. The third-order valence-corrected chi connectivity index (χ3v) is 6.01. The quantitative estimate of drug-likeness (QED) is 0.587. The highest BCUT2D eigenvalue weighted by Crippen LogP contribution is 2.40. The zero-order valence-corrected chi connectivity index (χ0v) is 17.9. The molecule has 3 N–H and O–H groups in total. The standard InChI is InChI=1S/C25H24N4O3/c1-15-3-8-18(9-4-15)29-25(31)21-14-26-22-12-5-16(13-20(22)23(21)28-29)24(30)27-17-6-10-19(32-2)11-7-17/h3-13,21,23,26,28H,14H2,1-2H3,(H,27,30). The van der Waals surface area contributed by atoms with Gasteiger partial charge in [-0.3, -0.25) is 9.59 Å². The third-order valence-electron chi connectivity index (χ3n) is 6.01. The zero-order chi connectivity index (χ0) is 22.2. The van der Waals surface area contributed by atoms with Crippen molar-refractivity contribution in [2.75, 3.05) is 29.3 Å². The molecule has 0 aromatic heterocycles. The summed E-state index contributed by atoms with van der Waals surface area (Å²) < 4.78 is 5.16. The molecule has 2 atom stereocenters. The van der Waals surface area contributed by atoms with Gasteiger partial charge in [0, 0.05) is 23.5 Å². The predicted octanol–water partition coefficient (Wildman–Crippen LogP) is 3.89. The number of anilines is 3. The highest BCUT2D eigenvalue weighted by molar-refractivity contribution is 6.05. The SMILES string of the molecule is COc1ccc(NC(=O)c2ccc3c(c2)C2NN(c4ccc(C)cc4)C(=O)C2CN3)cc1. The molecule has 2 aliphatic heterocycles. The molecule has 2 amide bonds. The van der Waals surface area contributed by atoms with Gasteiger partial charge in [0.1, 0.15) is 5.75 Å². The maximum Gasteiger partial charge on any atom is 0.255 e. The van der Waals surface area contributed by atoms with E-state index in [1.807, 2.05) is 43.3 Å². The maximum atomic E-state index is 13.1.